The predicted molar refractivity (Wildman–Crippen MR) is 41.9 cm³/mol. The molecule has 1 aromatic heterocycles. The van der Waals surface area contributed by atoms with Crippen LogP contribution in [0.25, 0.3) is 0 Å². The SMILES string of the molecule is Cc1ccc([C@@H]2C[C@H]2C(=O)O)o1. The van der Waals surface area contributed by atoms with Gasteiger partial charge in [-0.15, -0.1) is 0 Å². The van der Waals surface area contributed by atoms with Gasteiger partial charge < -0.3 is 9.52 Å². The summed E-state index contributed by atoms with van der Waals surface area (Å²) in [5.41, 5.74) is 0. The fourth-order valence-electron chi connectivity index (χ4n) is 1.44. The Bertz CT molecular complexity index is 313. The summed E-state index contributed by atoms with van der Waals surface area (Å²) in [5.74, 6) is 0.863. The van der Waals surface area contributed by atoms with Gasteiger partial charge in [-0.2, -0.15) is 0 Å². The van der Waals surface area contributed by atoms with Gasteiger partial charge in [0, 0.05) is 5.92 Å². The second-order valence-corrected chi connectivity index (χ2v) is 3.24. The summed E-state index contributed by atoms with van der Waals surface area (Å²) in [5, 5.41) is 8.65. The van der Waals surface area contributed by atoms with Crippen molar-refractivity contribution in [1.82, 2.24) is 0 Å². The molecule has 0 bridgehead atoms. The normalized spacial score (nSPS) is 27.1. The van der Waals surface area contributed by atoms with Gasteiger partial charge in [0.2, 0.25) is 0 Å². The van der Waals surface area contributed by atoms with E-state index < -0.39 is 5.97 Å². The highest BCUT2D eigenvalue weighted by Gasteiger charge is 2.46. The molecule has 2 rings (SSSR count). The van der Waals surface area contributed by atoms with Gasteiger partial charge in [-0.3, -0.25) is 4.79 Å². The van der Waals surface area contributed by atoms with Crippen molar-refractivity contribution in [3.8, 4) is 0 Å². The molecule has 64 valence electrons. The number of furan rings is 1. The van der Waals surface area contributed by atoms with E-state index in [0.717, 1.165) is 17.9 Å². The van der Waals surface area contributed by atoms with E-state index >= 15 is 0 Å². The molecule has 0 radical (unpaired) electrons. The lowest BCUT2D eigenvalue weighted by Crippen LogP contribution is -1.98. The Kier molecular flexibility index (Phi) is 1.46. The number of hydrogen-bond donors (Lipinski definition) is 1. The lowest BCUT2D eigenvalue weighted by atomic mass is 10.2. The molecule has 1 fully saturated rings. The Morgan fingerprint density at radius 2 is 2.42 bits per heavy atom. The standard InChI is InChI=1S/C9H10O3/c1-5-2-3-8(12-5)6-4-7(6)9(10)11/h2-3,6-7H,4H2,1H3,(H,10,11)/t6-,7-/m1/s1. The van der Waals surface area contributed by atoms with Gasteiger partial charge in [-0.25, -0.2) is 0 Å². The fourth-order valence-corrected chi connectivity index (χ4v) is 1.44. The third-order valence-corrected chi connectivity index (χ3v) is 2.23. The van der Waals surface area contributed by atoms with Crippen LogP contribution in [0.5, 0.6) is 0 Å². The lowest BCUT2D eigenvalue weighted by Gasteiger charge is -1.90. The Morgan fingerprint density at radius 1 is 1.67 bits per heavy atom. The molecule has 0 saturated heterocycles. The van der Waals surface area contributed by atoms with E-state index in [2.05, 4.69) is 0 Å². The van der Waals surface area contributed by atoms with Crippen molar-refractivity contribution in [2.75, 3.05) is 0 Å². The molecule has 1 heterocycles. The van der Waals surface area contributed by atoms with Crippen molar-refractivity contribution in [2.24, 2.45) is 5.92 Å². The van der Waals surface area contributed by atoms with Gasteiger partial charge in [0.25, 0.3) is 0 Å². The number of aryl methyl sites for hydroxylation is 1. The molecule has 2 atom stereocenters. The van der Waals surface area contributed by atoms with Crippen LogP contribution in [0.4, 0.5) is 0 Å². The van der Waals surface area contributed by atoms with Crippen molar-refractivity contribution in [1.29, 1.82) is 0 Å². The van der Waals surface area contributed by atoms with Crippen molar-refractivity contribution < 1.29 is 14.3 Å². The van der Waals surface area contributed by atoms with Crippen LogP contribution in [0.1, 0.15) is 23.9 Å². The van der Waals surface area contributed by atoms with Gasteiger partial charge in [0.1, 0.15) is 11.5 Å². The molecule has 1 N–H and O–H groups in total. The highest BCUT2D eigenvalue weighted by atomic mass is 16.4. The zero-order valence-corrected chi connectivity index (χ0v) is 6.78. The smallest absolute Gasteiger partial charge is 0.307 e. The fraction of sp³-hybridized carbons (Fsp3) is 0.444. The molecule has 1 saturated carbocycles. The monoisotopic (exact) mass is 166 g/mol. The first-order valence-electron chi connectivity index (χ1n) is 3.97. The first-order valence-corrected chi connectivity index (χ1v) is 3.97. The summed E-state index contributed by atoms with van der Waals surface area (Å²) >= 11 is 0. The molecular formula is C9H10O3. The zero-order chi connectivity index (χ0) is 8.72. The second kappa shape index (κ2) is 2.37. The first kappa shape index (κ1) is 7.40. The van der Waals surface area contributed by atoms with Crippen molar-refractivity contribution in [2.45, 2.75) is 19.3 Å². The molecule has 3 heteroatoms. The third-order valence-electron chi connectivity index (χ3n) is 2.23. The molecule has 1 aliphatic carbocycles. The van der Waals surface area contributed by atoms with E-state index in [4.69, 9.17) is 9.52 Å². The van der Waals surface area contributed by atoms with Crippen LogP contribution >= 0.6 is 0 Å². The third kappa shape index (κ3) is 1.11. The summed E-state index contributed by atoms with van der Waals surface area (Å²) in [6, 6.07) is 3.73. The van der Waals surface area contributed by atoms with Crippen LogP contribution < -0.4 is 0 Å². The Morgan fingerprint density at radius 3 is 2.83 bits per heavy atom. The van der Waals surface area contributed by atoms with Gasteiger partial charge in [0.05, 0.1) is 5.92 Å². The van der Waals surface area contributed by atoms with Crippen molar-refractivity contribution >= 4 is 5.97 Å². The Labute approximate surface area is 70.0 Å². The molecule has 12 heavy (non-hydrogen) atoms. The molecule has 1 aliphatic rings. The number of rotatable bonds is 2. The number of carboxylic acids is 1. The predicted octanol–water partition coefficient (Wildman–Crippen LogP) is 1.78. The first-order chi connectivity index (χ1) is 5.68. The minimum absolute atomic E-state index is 0.121. The highest BCUT2D eigenvalue weighted by molar-refractivity contribution is 5.74. The minimum atomic E-state index is -0.714. The summed E-state index contributed by atoms with van der Waals surface area (Å²) in [4.78, 5) is 10.5. The largest absolute Gasteiger partial charge is 0.481 e. The van der Waals surface area contributed by atoms with Crippen molar-refractivity contribution in [3.05, 3.63) is 23.7 Å². The number of hydrogen-bond acceptors (Lipinski definition) is 2. The van der Waals surface area contributed by atoms with E-state index in [1.807, 2.05) is 19.1 Å². The lowest BCUT2D eigenvalue weighted by molar-refractivity contribution is -0.138. The quantitative estimate of drug-likeness (QED) is 0.728. The average molecular weight is 166 g/mol. The van der Waals surface area contributed by atoms with Gasteiger partial charge >= 0.3 is 5.97 Å². The maximum Gasteiger partial charge on any atom is 0.307 e. The van der Waals surface area contributed by atoms with E-state index in [9.17, 15) is 4.79 Å². The van der Waals surface area contributed by atoms with E-state index in [0.29, 0.717) is 0 Å². The van der Waals surface area contributed by atoms with E-state index in [1.165, 1.54) is 0 Å². The van der Waals surface area contributed by atoms with Crippen LogP contribution in [0, 0.1) is 12.8 Å². The summed E-state index contributed by atoms with van der Waals surface area (Å²) in [6.07, 6.45) is 0.724. The number of carboxylic acid groups (broad SMARTS) is 1. The molecule has 1 aromatic rings. The maximum atomic E-state index is 10.5. The van der Waals surface area contributed by atoms with Gasteiger partial charge in [0.15, 0.2) is 0 Å². The molecular weight excluding hydrogens is 156 g/mol. The Balaban J connectivity index is 2.10. The average Bonchev–Trinajstić information content (AvgIpc) is 2.70. The van der Waals surface area contributed by atoms with Crippen LogP contribution in [0.2, 0.25) is 0 Å². The van der Waals surface area contributed by atoms with Crippen LogP contribution in [0.15, 0.2) is 16.5 Å². The molecule has 0 aromatic carbocycles. The zero-order valence-electron chi connectivity index (χ0n) is 6.78. The van der Waals surface area contributed by atoms with Gasteiger partial charge in [-0.05, 0) is 25.5 Å². The number of aliphatic carboxylic acids is 1. The molecule has 0 unspecified atom stereocenters. The summed E-state index contributed by atoms with van der Waals surface area (Å²) in [6.45, 7) is 1.86. The molecule has 0 aliphatic heterocycles. The van der Waals surface area contributed by atoms with Crippen LogP contribution in [0.3, 0.4) is 0 Å². The topological polar surface area (TPSA) is 50.4 Å². The van der Waals surface area contributed by atoms with Gasteiger partial charge in [-0.1, -0.05) is 0 Å². The highest BCUT2D eigenvalue weighted by Crippen LogP contribution is 2.47. The number of carbonyl (C=O) groups is 1. The molecule has 0 amide bonds. The van der Waals surface area contributed by atoms with Crippen LogP contribution in [-0.2, 0) is 4.79 Å². The molecule has 0 spiro atoms. The molecule has 3 nitrogen and oxygen atoms in total. The maximum absolute atomic E-state index is 10.5. The summed E-state index contributed by atoms with van der Waals surface area (Å²) in [7, 11) is 0. The van der Waals surface area contributed by atoms with E-state index in [1.54, 1.807) is 0 Å². The van der Waals surface area contributed by atoms with Crippen LogP contribution in [-0.4, -0.2) is 11.1 Å². The second-order valence-electron chi connectivity index (χ2n) is 3.24. The Hall–Kier alpha value is -1.25. The summed E-state index contributed by atoms with van der Waals surface area (Å²) < 4.78 is 5.32. The van der Waals surface area contributed by atoms with E-state index in [-0.39, 0.29) is 11.8 Å². The minimum Gasteiger partial charge on any atom is -0.481 e. The van der Waals surface area contributed by atoms with Crippen molar-refractivity contribution in [3.63, 3.8) is 0 Å².